The maximum absolute atomic E-state index is 12.0. The van der Waals surface area contributed by atoms with Crippen molar-refractivity contribution in [3.05, 3.63) is 60.2 Å². The summed E-state index contributed by atoms with van der Waals surface area (Å²) in [5.74, 6) is 0.328. The van der Waals surface area contributed by atoms with Crippen LogP contribution in [0.15, 0.2) is 54.6 Å². The molecule has 140 valence electrons. The molecule has 2 heterocycles. The minimum Gasteiger partial charge on any atom is -0.497 e. The van der Waals surface area contributed by atoms with Crippen LogP contribution in [0.3, 0.4) is 0 Å². The molecule has 0 unspecified atom stereocenters. The molecule has 7 nitrogen and oxygen atoms in total. The molecular formula is C21H17N3O4. The van der Waals surface area contributed by atoms with Crippen LogP contribution in [0, 0.1) is 0 Å². The van der Waals surface area contributed by atoms with Crippen molar-refractivity contribution < 1.29 is 19.4 Å². The van der Waals surface area contributed by atoms with Crippen molar-refractivity contribution in [2.24, 2.45) is 0 Å². The van der Waals surface area contributed by atoms with Crippen molar-refractivity contribution in [1.82, 2.24) is 15.2 Å². The number of rotatable bonds is 5. The quantitative estimate of drug-likeness (QED) is 0.547. The fourth-order valence-corrected chi connectivity index (χ4v) is 3.09. The maximum atomic E-state index is 12.0. The van der Waals surface area contributed by atoms with Gasteiger partial charge < -0.3 is 14.6 Å². The van der Waals surface area contributed by atoms with Gasteiger partial charge in [-0.2, -0.15) is 5.10 Å². The first-order valence-corrected chi connectivity index (χ1v) is 8.52. The SMILES string of the molecule is COc1ccc(-c2[nH]nc3nc(-c4cccc(OC)c4)cc(C(=O)O)c23)cc1. The van der Waals surface area contributed by atoms with E-state index >= 15 is 0 Å². The number of ether oxygens (including phenoxy) is 2. The highest BCUT2D eigenvalue weighted by atomic mass is 16.5. The molecule has 4 aromatic rings. The largest absolute Gasteiger partial charge is 0.497 e. The number of aromatic amines is 1. The number of hydrogen-bond acceptors (Lipinski definition) is 5. The first-order valence-electron chi connectivity index (χ1n) is 8.52. The van der Waals surface area contributed by atoms with Gasteiger partial charge in [-0.3, -0.25) is 5.10 Å². The fraction of sp³-hybridized carbons (Fsp3) is 0.0952. The molecule has 28 heavy (non-hydrogen) atoms. The van der Waals surface area contributed by atoms with Crippen molar-refractivity contribution in [2.45, 2.75) is 0 Å². The highest BCUT2D eigenvalue weighted by Crippen LogP contribution is 2.32. The van der Waals surface area contributed by atoms with Crippen LogP contribution in [0.5, 0.6) is 11.5 Å². The number of aromatic carboxylic acids is 1. The molecule has 2 aromatic carbocycles. The second-order valence-corrected chi connectivity index (χ2v) is 6.12. The van der Waals surface area contributed by atoms with Crippen LogP contribution in [0.1, 0.15) is 10.4 Å². The Morgan fingerprint density at radius 3 is 2.39 bits per heavy atom. The van der Waals surface area contributed by atoms with E-state index in [1.807, 2.05) is 30.3 Å². The van der Waals surface area contributed by atoms with Gasteiger partial charge in [0.15, 0.2) is 5.65 Å². The molecule has 2 N–H and O–H groups in total. The minimum absolute atomic E-state index is 0.127. The molecule has 0 spiro atoms. The molecule has 0 bridgehead atoms. The van der Waals surface area contributed by atoms with Gasteiger partial charge in [-0.1, -0.05) is 12.1 Å². The van der Waals surface area contributed by atoms with E-state index in [2.05, 4.69) is 15.2 Å². The fourth-order valence-electron chi connectivity index (χ4n) is 3.09. The van der Waals surface area contributed by atoms with Gasteiger partial charge in [0.25, 0.3) is 0 Å². The number of nitrogens with one attached hydrogen (secondary N) is 1. The lowest BCUT2D eigenvalue weighted by Gasteiger charge is -2.07. The zero-order valence-electron chi connectivity index (χ0n) is 15.3. The van der Waals surface area contributed by atoms with Crippen molar-refractivity contribution >= 4 is 17.0 Å². The summed E-state index contributed by atoms with van der Waals surface area (Å²) < 4.78 is 10.4. The molecule has 0 aliphatic heterocycles. The smallest absolute Gasteiger partial charge is 0.336 e. The van der Waals surface area contributed by atoms with Crippen LogP contribution in [-0.2, 0) is 0 Å². The zero-order valence-corrected chi connectivity index (χ0v) is 15.3. The number of benzene rings is 2. The third-order valence-corrected chi connectivity index (χ3v) is 4.50. The molecule has 7 heteroatoms. The molecule has 2 aromatic heterocycles. The number of fused-ring (bicyclic) bond motifs is 1. The summed E-state index contributed by atoms with van der Waals surface area (Å²) in [7, 11) is 3.17. The Kier molecular flexibility index (Phi) is 4.41. The first kappa shape index (κ1) is 17.5. The summed E-state index contributed by atoms with van der Waals surface area (Å²) in [5.41, 5.74) is 3.11. The standard InChI is InChI=1S/C21H17N3O4/c1-27-14-8-6-12(7-9-14)19-18-16(21(25)26)11-17(22-20(18)24-23-19)13-4-3-5-15(10-13)28-2/h3-11H,1-2H3,(H,25,26)(H,22,23,24). The summed E-state index contributed by atoms with van der Waals surface area (Å²) in [6.45, 7) is 0. The van der Waals surface area contributed by atoms with E-state index in [9.17, 15) is 9.90 Å². The van der Waals surface area contributed by atoms with E-state index in [1.54, 1.807) is 38.5 Å². The van der Waals surface area contributed by atoms with Crippen molar-refractivity contribution in [3.8, 4) is 34.0 Å². The Hall–Kier alpha value is -3.87. The van der Waals surface area contributed by atoms with E-state index in [-0.39, 0.29) is 5.56 Å². The average Bonchev–Trinajstić information content (AvgIpc) is 3.17. The summed E-state index contributed by atoms with van der Waals surface area (Å²) in [4.78, 5) is 16.5. The summed E-state index contributed by atoms with van der Waals surface area (Å²) in [6.07, 6.45) is 0. The Bertz CT molecular complexity index is 1170. The molecule has 0 fully saturated rings. The molecule has 0 saturated carbocycles. The Morgan fingerprint density at radius 2 is 1.71 bits per heavy atom. The van der Waals surface area contributed by atoms with Gasteiger partial charge in [0.05, 0.1) is 36.6 Å². The lowest BCUT2D eigenvalue weighted by molar-refractivity contribution is 0.0699. The van der Waals surface area contributed by atoms with E-state index in [4.69, 9.17) is 9.47 Å². The van der Waals surface area contributed by atoms with Crippen LogP contribution in [-0.4, -0.2) is 40.5 Å². The first-order chi connectivity index (χ1) is 13.6. The zero-order chi connectivity index (χ0) is 19.7. The highest BCUT2D eigenvalue weighted by Gasteiger charge is 2.20. The molecule has 0 aliphatic rings. The van der Waals surface area contributed by atoms with Gasteiger partial charge in [-0.25, -0.2) is 9.78 Å². The molecule has 0 aliphatic carbocycles. The number of aromatic nitrogens is 3. The third kappa shape index (κ3) is 3.03. The van der Waals surface area contributed by atoms with Crippen molar-refractivity contribution in [3.63, 3.8) is 0 Å². The summed E-state index contributed by atoms with van der Waals surface area (Å²) in [5, 5.41) is 17.4. The topological polar surface area (TPSA) is 97.3 Å². The van der Waals surface area contributed by atoms with Crippen molar-refractivity contribution in [1.29, 1.82) is 0 Å². The Labute approximate surface area is 160 Å². The van der Waals surface area contributed by atoms with Crippen molar-refractivity contribution in [2.75, 3.05) is 14.2 Å². The van der Waals surface area contributed by atoms with Gasteiger partial charge in [0, 0.05) is 11.1 Å². The van der Waals surface area contributed by atoms with Gasteiger partial charge in [-0.15, -0.1) is 0 Å². The maximum Gasteiger partial charge on any atom is 0.336 e. The predicted octanol–water partition coefficient (Wildman–Crippen LogP) is 4.01. The number of carboxylic acid groups (broad SMARTS) is 1. The summed E-state index contributed by atoms with van der Waals surface area (Å²) >= 11 is 0. The number of methoxy groups -OCH3 is 2. The third-order valence-electron chi connectivity index (χ3n) is 4.50. The molecule has 4 rings (SSSR count). The second kappa shape index (κ2) is 7.03. The number of carboxylic acids is 1. The number of nitrogens with zero attached hydrogens (tertiary/aromatic N) is 2. The lowest BCUT2D eigenvalue weighted by atomic mass is 10.0. The molecular weight excluding hydrogens is 358 g/mol. The Balaban J connectivity index is 1.90. The number of hydrogen-bond donors (Lipinski definition) is 2. The van der Waals surface area contributed by atoms with Crippen LogP contribution in [0.2, 0.25) is 0 Å². The van der Waals surface area contributed by atoms with E-state index < -0.39 is 5.97 Å². The number of pyridine rings is 1. The van der Waals surface area contributed by atoms with E-state index in [0.29, 0.717) is 33.9 Å². The average molecular weight is 375 g/mol. The predicted molar refractivity (Wildman–Crippen MR) is 105 cm³/mol. The van der Waals surface area contributed by atoms with Gasteiger partial charge >= 0.3 is 5.97 Å². The molecule has 0 amide bonds. The number of carbonyl (C=O) groups is 1. The second-order valence-electron chi connectivity index (χ2n) is 6.12. The normalized spacial score (nSPS) is 10.8. The van der Waals surface area contributed by atoms with Crippen LogP contribution < -0.4 is 9.47 Å². The Morgan fingerprint density at radius 1 is 0.964 bits per heavy atom. The van der Waals surface area contributed by atoms with E-state index in [0.717, 1.165) is 11.1 Å². The van der Waals surface area contributed by atoms with E-state index in [1.165, 1.54) is 0 Å². The van der Waals surface area contributed by atoms with Gasteiger partial charge in [0.1, 0.15) is 11.5 Å². The molecule has 0 radical (unpaired) electrons. The summed E-state index contributed by atoms with van der Waals surface area (Å²) in [6, 6.07) is 16.1. The van der Waals surface area contributed by atoms with Crippen LogP contribution in [0.25, 0.3) is 33.5 Å². The van der Waals surface area contributed by atoms with Crippen LogP contribution >= 0.6 is 0 Å². The minimum atomic E-state index is -1.05. The van der Waals surface area contributed by atoms with Gasteiger partial charge in [-0.05, 0) is 42.5 Å². The monoisotopic (exact) mass is 375 g/mol. The molecule has 0 saturated heterocycles. The lowest BCUT2D eigenvalue weighted by Crippen LogP contribution is -2.00. The highest BCUT2D eigenvalue weighted by molar-refractivity contribution is 6.08. The van der Waals surface area contributed by atoms with Gasteiger partial charge in [0.2, 0.25) is 0 Å². The molecule has 0 atom stereocenters. The van der Waals surface area contributed by atoms with Crippen LogP contribution in [0.4, 0.5) is 0 Å². The number of H-pyrrole nitrogens is 1.